The van der Waals surface area contributed by atoms with Gasteiger partial charge in [0.2, 0.25) is 11.1 Å². The Kier molecular flexibility index (Phi) is 6.07. The van der Waals surface area contributed by atoms with E-state index < -0.39 is 0 Å². The molecule has 0 atom stereocenters. The van der Waals surface area contributed by atoms with Gasteiger partial charge in [0.1, 0.15) is 5.82 Å². The highest BCUT2D eigenvalue weighted by Crippen LogP contribution is 2.33. The van der Waals surface area contributed by atoms with Gasteiger partial charge in [0.25, 0.3) is 0 Å². The Bertz CT molecular complexity index is 905. The van der Waals surface area contributed by atoms with Gasteiger partial charge in [-0.2, -0.15) is 0 Å². The number of thioether (sulfide) groups is 1. The molecular formula is C22H24N4OS. The van der Waals surface area contributed by atoms with E-state index in [1.54, 1.807) is 0 Å². The van der Waals surface area contributed by atoms with Crippen molar-refractivity contribution < 1.29 is 4.79 Å². The van der Waals surface area contributed by atoms with Gasteiger partial charge in [-0.05, 0) is 37.1 Å². The van der Waals surface area contributed by atoms with E-state index in [-0.39, 0.29) is 11.7 Å². The van der Waals surface area contributed by atoms with Crippen molar-refractivity contribution in [2.75, 3.05) is 11.1 Å². The van der Waals surface area contributed by atoms with Crippen LogP contribution in [0.15, 0.2) is 65.8 Å². The molecule has 1 saturated carbocycles. The molecular weight excluding hydrogens is 368 g/mol. The van der Waals surface area contributed by atoms with E-state index in [0.29, 0.717) is 11.1 Å². The number of nitrogens with one attached hydrogen (secondary N) is 1. The molecule has 0 unspecified atom stereocenters. The van der Waals surface area contributed by atoms with Crippen molar-refractivity contribution in [3.8, 4) is 5.69 Å². The molecule has 1 N–H and O–H groups in total. The summed E-state index contributed by atoms with van der Waals surface area (Å²) in [7, 11) is 0. The number of hydrogen-bond donors (Lipinski definition) is 1. The number of carbonyl (C=O) groups is 1. The van der Waals surface area contributed by atoms with Crippen LogP contribution < -0.4 is 5.32 Å². The number of anilines is 1. The number of benzene rings is 2. The molecule has 3 aromatic rings. The lowest BCUT2D eigenvalue weighted by molar-refractivity contribution is -0.113. The van der Waals surface area contributed by atoms with Crippen LogP contribution in [0.4, 0.5) is 5.69 Å². The van der Waals surface area contributed by atoms with E-state index in [1.807, 2.05) is 53.2 Å². The molecule has 1 amide bonds. The molecule has 1 aliphatic rings. The molecule has 1 aromatic heterocycles. The molecule has 0 bridgehead atoms. The number of rotatable bonds is 6. The summed E-state index contributed by atoms with van der Waals surface area (Å²) in [6.45, 7) is 0. The Balaban J connectivity index is 1.49. The topological polar surface area (TPSA) is 59.8 Å². The highest BCUT2D eigenvalue weighted by molar-refractivity contribution is 7.99. The molecule has 0 radical (unpaired) electrons. The fourth-order valence-electron chi connectivity index (χ4n) is 3.60. The molecule has 1 heterocycles. The molecule has 4 rings (SSSR count). The maximum atomic E-state index is 12.3. The Labute approximate surface area is 169 Å². The molecule has 1 fully saturated rings. The lowest BCUT2D eigenvalue weighted by Gasteiger charge is -2.21. The van der Waals surface area contributed by atoms with E-state index in [1.165, 1.54) is 31.0 Å². The predicted molar refractivity (Wildman–Crippen MR) is 113 cm³/mol. The average Bonchev–Trinajstić information content (AvgIpc) is 3.19. The van der Waals surface area contributed by atoms with Crippen molar-refractivity contribution in [2.24, 2.45) is 0 Å². The Morgan fingerprint density at radius 3 is 2.39 bits per heavy atom. The van der Waals surface area contributed by atoms with Gasteiger partial charge in [-0.3, -0.25) is 4.79 Å². The van der Waals surface area contributed by atoms with Crippen LogP contribution in [0.2, 0.25) is 0 Å². The van der Waals surface area contributed by atoms with Gasteiger partial charge in [-0.1, -0.05) is 67.4 Å². The van der Waals surface area contributed by atoms with Crippen molar-refractivity contribution in [1.82, 2.24) is 14.8 Å². The van der Waals surface area contributed by atoms with Gasteiger partial charge in [0.05, 0.1) is 11.4 Å². The Morgan fingerprint density at radius 2 is 1.68 bits per heavy atom. The Hall–Kier alpha value is -2.60. The highest BCUT2D eigenvalue weighted by Gasteiger charge is 2.23. The molecule has 0 saturated heterocycles. The summed E-state index contributed by atoms with van der Waals surface area (Å²) in [6.07, 6.45) is 6.11. The first kappa shape index (κ1) is 18.7. The quantitative estimate of drug-likeness (QED) is 0.597. The summed E-state index contributed by atoms with van der Waals surface area (Å²) < 4.78 is 1.97. The largest absolute Gasteiger partial charge is 0.325 e. The van der Waals surface area contributed by atoms with Crippen molar-refractivity contribution in [3.63, 3.8) is 0 Å². The first-order valence-corrected chi connectivity index (χ1v) is 10.8. The maximum Gasteiger partial charge on any atom is 0.234 e. The van der Waals surface area contributed by atoms with Crippen molar-refractivity contribution in [1.29, 1.82) is 0 Å². The van der Waals surface area contributed by atoms with E-state index in [9.17, 15) is 4.79 Å². The van der Waals surface area contributed by atoms with Crippen LogP contribution in [0.1, 0.15) is 43.8 Å². The fourth-order valence-corrected chi connectivity index (χ4v) is 4.23. The van der Waals surface area contributed by atoms with Crippen molar-refractivity contribution >= 4 is 23.4 Å². The standard InChI is InChI=1S/C22H24N4OS/c27-20(23-18-12-6-2-7-13-18)16-28-22-24-21(17-10-4-1-5-11-17)26(25-22)19-14-8-3-9-15-19/h2-3,6-9,12-15,17H,1,4-5,10-11,16H2,(H,23,27). The van der Waals surface area contributed by atoms with Crippen LogP contribution >= 0.6 is 11.8 Å². The number of para-hydroxylation sites is 2. The van der Waals surface area contributed by atoms with Crippen molar-refractivity contribution in [2.45, 2.75) is 43.2 Å². The van der Waals surface area contributed by atoms with Crippen LogP contribution in [-0.4, -0.2) is 26.4 Å². The predicted octanol–water partition coefficient (Wildman–Crippen LogP) is 5.05. The third-order valence-electron chi connectivity index (χ3n) is 4.97. The molecule has 6 heteroatoms. The molecule has 144 valence electrons. The van der Waals surface area contributed by atoms with Crippen LogP contribution in [0.5, 0.6) is 0 Å². The second-order valence-electron chi connectivity index (χ2n) is 7.04. The van der Waals surface area contributed by atoms with Gasteiger partial charge in [0.15, 0.2) is 0 Å². The number of aromatic nitrogens is 3. The summed E-state index contributed by atoms with van der Waals surface area (Å²) in [5.41, 5.74) is 1.83. The van der Waals surface area contributed by atoms with Crippen LogP contribution in [0.25, 0.3) is 5.69 Å². The summed E-state index contributed by atoms with van der Waals surface area (Å²) >= 11 is 1.39. The van der Waals surface area contributed by atoms with E-state index >= 15 is 0 Å². The number of hydrogen-bond acceptors (Lipinski definition) is 4. The summed E-state index contributed by atoms with van der Waals surface area (Å²) in [4.78, 5) is 17.1. The van der Waals surface area contributed by atoms with Crippen molar-refractivity contribution in [3.05, 3.63) is 66.5 Å². The molecule has 0 spiro atoms. The Morgan fingerprint density at radius 1 is 1.00 bits per heavy atom. The second-order valence-corrected chi connectivity index (χ2v) is 7.98. The third kappa shape index (κ3) is 4.62. The molecule has 28 heavy (non-hydrogen) atoms. The molecule has 2 aromatic carbocycles. The van der Waals surface area contributed by atoms with E-state index in [2.05, 4.69) is 17.4 Å². The summed E-state index contributed by atoms with van der Waals surface area (Å²) in [6, 6.07) is 19.6. The minimum atomic E-state index is -0.0496. The lowest BCUT2D eigenvalue weighted by Crippen LogP contribution is -2.13. The third-order valence-corrected chi connectivity index (χ3v) is 5.81. The minimum absolute atomic E-state index is 0.0496. The minimum Gasteiger partial charge on any atom is -0.325 e. The van der Waals surface area contributed by atoms with Crippen LogP contribution in [0, 0.1) is 0 Å². The maximum absolute atomic E-state index is 12.3. The number of carbonyl (C=O) groups excluding carboxylic acids is 1. The molecule has 1 aliphatic carbocycles. The van der Waals surface area contributed by atoms with E-state index in [4.69, 9.17) is 10.1 Å². The first-order valence-electron chi connectivity index (χ1n) is 9.80. The average molecular weight is 393 g/mol. The summed E-state index contributed by atoms with van der Waals surface area (Å²) in [5.74, 6) is 1.70. The molecule has 5 nitrogen and oxygen atoms in total. The van der Waals surface area contributed by atoms with Crippen LogP contribution in [-0.2, 0) is 4.79 Å². The SMILES string of the molecule is O=C(CSc1nc(C2CCCCC2)n(-c2ccccc2)n1)Nc1ccccc1. The monoisotopic (exact) mass is 392 g/mol. The fraction of sp³-hybridized carbons (Fsp3) is 0.318. The van der Waals surface area contributed by atoms with Gasteiger partial charge in [-0.15, -0.1) is 5.10 Å². The van der Waals surface area contributed by atoms with Crippen LogP contribution in [0.3, 0.4) is 0 Å². The first-order chi connectivity index (χ1) is 13.8. The zero-order chi connectivity index (χ0) is 19.2. The highest BCUT2D eigenvalue weighted by atomic mass is 32.2. The zero-order valence-electron chi connectivity index (χ0n) is 15.8. The number of nitrogens with zero attached hydrogens (tertiary/aromatic N) is 3. The van der Waals surface area contributed by atoms with Gasteiger partial charge in [-0.25, -0.2) is 9.67 Å². The zero-order valence-corrected chi connectivity index (χ0v) is 16.6. The van der Waals surface area contributed by atoms with Gasteiger partial charge in [0, 0.05) is 11.6 Å². The van der Waals surface area contributed by atoms with Gasteiger partial charge < -0.3 is 5.32 Å². The molecule has 0 aliphatic heterocycles. The second kappa shape index (κ2) is 9.06. The summed E-state index contributed by atoms with van der Waals surface area (Å²) in [5, 5.41) is 8.29. The smallest absolute Gasteiger partial charge is 0.234 e. The lowest BCUT2D eigenvalue weighted by atomic mass is 9.88. The van der Waals surface area contributed by atoms with Gasteiger partial charge >= 0.3 is 0 Å². The van der Waals surface area contributed by atoms with E-state index in [0.717, 1.165) is 30.0 Å². The normalized spacial score (nSPS) is 14.7. The number of amides is 1.